The van der Waals surface area contributed by atoms with Gasteiger partial charge in [-0.05, 0) is 42.3 Å². The highest BCUT2D eigenvalue weighted by molar-refractivity contribution is 5.94. The maximum absolute atomic E-state index is 12.1. The molecule has 25 heavy (non-hydrogen) atoms. The van der Waals surface area contributed by atoms with Crippen molar-refractivity contribution in [3.05, 3.63) is 58.9 Å². The minimum absolute atomic E-state index is 0.211. The Morgan fingerprint density at radius 1 is 1.36 bits per heavy atom. The molecule has 2 aromatic heterocycles. The average Bonchev–Trinajstić information content (AvgIpc) is 3.04. The maximum Gasteiger partial charge on any atom is 0.309 e. The molecule has 0 bridgehead atoms. The number of ether oxygens (including phenoxy) is 1. The van der Waals surface area contributed by atoms with Crippen LogP contribution in [0.3, 0.4) is 0 Å². The molecule has 126 valence electrons. The van der Waals surface area contributed by atoms with E-state index in [2.05, 4.69) is 25.8 Å². The van der Waals surface area contributed by atoms with Crippen molar-refractivity contribution < 1.29 is 9.53 Å². The van der Waals surface area contributed by atoms with Gasteiger partial charge in [-0.3, -0.25) is 4.79 Å². The van der Waals surface area contributed by atoms with Crippen LogP contribution in [0.2, 0.25) is 0 Å². The molecule has 8 nitrogen and oxygen atoms in total. The molecule has 2 heterocycles. The van der Waals surface area contributed by atoms with Crippen LogP contribution in [0.4, 0.5) is 5.82 Å². The number of hydrogen-bond acceptors (Lipinski definition) is 5. The molecular weight excluding hydrogens is 320 g/mol. The van der Waals surface area contributed by atoms with Gasteiger partial charge in [-0.2, -0.15) is 0 Å². The summed E-state index contributed by atoms with van der Waals surface area (Å²) in [6.45, 7) is 0.495. The lowest BCUT2D eigenvalue weighted by Gasteiger charge is -2.05. The number of nitrogens with zero attached hydrogens (tertiary/aromatic N) is 3. The Bertz CT molecular complexity index is 926. The van der Waals surface area contributed by atoms with E-state index in [1.165, 1.54) is 6.20 Å². The minimum Gasteiger partial charge on any atom is -0.497 e. The van der Waals surface area contributed by atoms with Gasteiger partial charge in [-0.1, -0.05) is 0 Å². The van der Waals surface area contributed by atoms with Crippen LogP contribution in [0.25, 0.3) is 16.0 Å². The number of carbonyl (C=O) groups excluding carboxylic acids is 1. The fraction of sp³-hybridized carbons (Fsp3) is 0.176. The van der Waals surface area contributed by atoms with Crippen LogP contribution in [0.5, 0.6) is 5.75 Å². The van der Waals surface area contributed by atoms with E-state index in [-0.39, 0.29) is 5.91 Å². The lowest BCUT2D eigenvalue weighted by molar-refractivity contribution is 0.0954. The van der Waals surface area contributed by atoms with Crippen LogP contribution in [-0.4, -0.2) is 29.5 Å². The Labute approximate surface area is 143 Å². The van der Waals surface area contributed by atoms with Gasteiger partial charge in [0.15, 0.2) is 0 Å². The van der Waals surface area contributed by atoms with Gasteiger partial charge in [0, 0.05) is 35.3 Å². The highest BCUT2D eigenvalue weighted by Gasteiger charge is 2.09. The summed E-state index contributed by atoms with van der Waals surface area (Å²) in [5.74, 6) is 0.941. The van der Waals surface area contributed by atoms with Crippen molar-refractivity contribution in [3.8, 4) is 5.75 Å². The quantitative estimate of drug-likeness (QED) is 0.473. The number of pyridine rings is 1. The van der Waals surface area contributed by atoms with Crippen LogP contribution in [-0.2, 0) is 6.42 Å². The number of aromatic nitrogens is 2. The molecule has 0 aliphatic carbocycles. The molecule has 0 radical (unpaired) electrons. The second kappa shape index (κ2) is 7.31. The van der Waals surface area contributed by atoms with Gasteiger partial charge < -0.3 is 15.0 Å². The summed E-state index contributed by atoms with van der Waals surface area (Å²) in [7, 11) is 1.64. The number of anilines is 1. The standard InChI is InChI=1S/C17H16N6O2/c1-25-13-3-4-15-14(8-13)11(9-20-15)6-7-19-17(24)12-2-5-16(21-10-12)22-23-18/h2-5,8-10,20H,6-7H2,1H3,(H-,19,21,22,24)/p+1. The number of carbonyl (C=O) groups is 1. The molecule has 0 saturated carbocycles. The third-order valence-electron chi connectivity index (χ3n) is 3.84. The van der Waals surface area contributed by atoms with Crippen molar-refractivity contribution in [1.29, 1.82) is 5.39 Å². The number of methoxy groups -OCH3 is 1. The highest BCUT2D eigenvalue weighted by atomic mass is 16.5. The number of diazo groups is 1. The summed E-state index contributed by atoms with van der Waals surface area (Å²) < 4.78 is 5.26. The lowest BCUT2D eigenvalue weighted by atomic mass is 10.1. The van der Waals surface area contributed by atoms with Crippen molar-refractivity contribution in [2.75, 3.05) is 19.1 Å². The van der Waals surface area contributed by atoms with Crippen LogP contribution >= 0.6 is 0 Å². The van der Waals surface area contributed by atoms with Gasteiger partial charge in [-0.15, -0.1) is 0 Å². The van der Waals surface area contributed by atoms with E-state index in [1.54, 1.807) is 19.2 Å². The van der Waals surface area contributed by atoms with Crippen LogP contribution < -0.4 is 15.5 Å². The maximum atomic E-state index is 12.1. The van der Waals surface area contributed by atoms with Crippen molar-refractivity contribution in [3.63, 3.8) is 0 Å². The molecule has 3 N–H and O–H groups in total. The van der Waals surface area contributed by atoms with Crippen molar-refractivity contribution >= 4 is 22.6 Å². The number of hydrogen-bond donors (Lipinski definition) is 3. The molecule has 3 aromatic rings. The van der Waals surface area contributed by atoms with Crippen molar-refractivity contribution in [1.82, 2.24) is 15.3 Å². The topological polar surface area (TPSA) is 107 Å². The van der Waals surface area contributed by atoms with Crippen LogP contribution in [0, 0.1) is 5.39 Å². The van der Waals surface area contributed by atoms with E-state index >= 15 is 0 Å². The zero-order valence-corrected chi connectivity index (χ0v) is 13.6. The van der Waals surface area contributed by atoms with E-state index in [0.29, 0.717) is 24.3 Å². The molecule has 0 spiro atoms. The predicted molar refractivity (Wildman–Crippen MR) is 93.8 cm³/mol. The number of aromatic amines is 1. The molecule has 0 atom stereocenters. The van der Waals surface area contributed by atoms with E-state index < -0.39 is 0 Å². The summed E-state index contributed by atoms with van der Waals surface area (Å²) in [6.07, 6.45) is 4.05. The van der Waals surface area contributed by atoms with E-state index in [4.69, 9.17) is 10.1 Å². The summed E-state index contributed by atoms with van der Waals surface area (Å²) in [4.78, 5) is 19.3. The first-order valence-corrected chi connectivity index (χ1v) is 7.69. The summed E-state index contributed by atoms with van der Waals surface area (Å²) in [5, 5.41) is 15.1. The van der Waals surface area contributed by atoms with Crippen LogP contribution in [0.1, 0.15) is 15.9 Å². The Morgan fingerprint density at radius 2 is 2.24 bits per heavy atom. The summed E-state index contributed by atoms with van der Waals surface area (Å²) >= 11 is 0. The first kappa shape index (κ1) is 16.3. The van der Waals surface area contributed by atoms with Gasteiger partial charge in [0.2, 0.25) is 5.82 Å². The molecule has 0 fully saturated rings. The fourth-order valence-electron chi connectivity index (χ4n) is 2.55. The Hall–Kier alpha value is -3.60. The first-order valence-electron chi connectivity index (χ1n) is 7.69. The zero-order valence-electron chi connectivity index (χ0n) is 13.6. The first-order chi connectivity index (χ1) is 12.2. The lowest BCUT2D eigenvalue weighted by Crippen LogP contribution is -2.25. The van der Waals surface area contributed by atoms with Crippen molar-refractivity contribution in [2.24, 2.45) is 0 Å². The molecule has 0 aliphatic heterocycles. The molecule has 3 rings (SSSR count). The molecule has 1 amide bonds. The molecule has 8 heteroatoms. The Kier molecular flexibility index (Phi) is 4.76. The minimum atomic E-state index is -0.211. The molecule has 0 unspecified atom stereocenters. The van der Waals surface area contributed by atoms with Gasteiger partial charge in [-0.25, -0.2) is 4.98 Å². The number of rotatable bonds is 6. The van der Waals surface area contributed by atoms with E-state index in [0.717, 1.165) is 22.2 Å². The smallest absolute Gasteiger partial charge is 0.309 e. The Balaban J connectivity index is 1.61. The second-order valence-corrected chi connectivity index (χ2v) is 5.38. The van der Waals surface area contributed by atoms with Gasteiger partial charge in [0.25, 0.3) is 11.3 Å². The highest BCUT2D eigenvalue weighted by Crippen LogP contribution is 2.23. The molecule has 1 aromatic carbocycles. The van der Waals surface area contributed by atoms with Gasteiger partial charge in [0.05, 0.1) is 12.7 Å². The second-order valence-electron chi connectivity index (χ2n) is 5.38. The number of benzene rings is 1. The summed E-state index contributed by atoms with van der Waals surface area (Å²) in [6, 6.07) is 9.01. The fourth-order valence-corrected chi connectivity index (χ4v) is 2.55. The third kappa shape index (κ3) is 3.67. The van der Waals surface area contributed by atoms with Crippen LogP contribution in [0.15, 0.2) is 42.7 Å². The molecule has 0 saturated heterocycles. The Morgan fingerprint density at radius 3 is 2.96 bits per heavy atom. The molecular formula is C17H17N6O2+. The SMILES string of the molecule is COc1ccc2[nH]cc(CCNC(=O)c3ccc(N[N+]#N)nc3)c2c1. The molecule has 0 aliphatic rings. The van der Waals surface area contributed by atoms with Crippen molar-refractivity contribution in [2.45, 2.75) is 6.42 Å². The largest absolute Gasteiger partial charge is 0.497 e. The van der Waals surface area contributed by atoms with Gasteiger partial charge >= 0.3 is 5.08 Å². The van der Waals surface area contributed by atoms with E-state index in [1.807, 2.05) is 24.4 Å². The van der Waals surface area contributed by atoms with Gasteiger partial charge in [0.1, 0.15) is 5.75 Å². The monoisotopic (exact) mass is 337 g/mol. The number of amides is 1. The number of fused-ring (bicyclic) bond motifs is 1. The average molecular weight is 337 g/mol. The third-order valence-corrected chi connectivity index (χ3v) is 3.84. The number of nitrogens with one attached hydrogen (secondary N) is 3. The number of H-pyrrole nitrogens is 1. The zero-order chi connectivity index (χ0) is 17.6. The normalized spacial score (nSPS) is 10.2. The predicted octanol–water partition coefficient (Wildman–Crippen LogP) is 2.72. The summed E-state index contributed by atoms with van der Waals surface area (Å²) in [5.41, 5.74) is 4.86. The van der Waals surface area contributed by atoms with E-state index in [9.17, 15) is 4.79 Å².